The summed E-state index contributed by atoms with van der Waals surface area (Å²) < 4.78 is 2.03. The van der Waals surface area contributed by atoms with Gasteiger partial charge >= 0.3 is 0 Å². The van der Waals surface area contributed by atoms with Gasteiger partial charge in [-0.3, -0.25) is 0 Å². The fraction of sp³-hybridized carbons (Fsp3) is 0.261. The van der Waals surface area contributed by atoms with Gasteiger partial charge in [-0.05, 0) is 59.9 Å². The van der Waals surface area contributed by atoms with Crippen LogP contribution >= 0.6 is 11.6 Å². The first-order valence-electron chi connectivity index (χ1n) is 9.69. The summed E-state index contributed by atoms with van der Waals surface area (Å²) in [6, 6.07) is 15.2. The van der Waals surface area contributed by atoms with Crippen LogP contribution in [0.4, 0.5) is 5.69 Å². The number of piperidine rings is 1. The molecule has 1 aliphatic heterocycles. The molecule has 4 rings (SSSR count). The van der Waals surface area contributed by atoms with Crippen LogP contribution in [0.5, 0.6) is 0 Å². The van der Waals surface area contributed by atoms with Crippen LogP contribution < -0.4 is 10.6 Å². The molecule has 0 unspecified atom stereocenters. The van der Waals surface area contributed by atoms with Crippen LogP contribution in [0, 0.1) is 0 Å². The Bertz CT molecular complexity index is 924. The van der Waals surface area contributed by atoms with Gasteiger partial charge in [-0.15, -0.1) is 0 Å². The van der Waals surface area contributed by atoms with Crippen LogP contribution in [0.1, 0.15) is 29.5 Å². The minimum atomic E-state index is 0.356. The van der Waals surface area contributed by atoms with Crippen molar-refractivity contribution in [1.29, 1.82) is 0 Å². The highest BCUT2D eigenvalue weighted by Gasteiger charge is 2.15. The molecule has 0 radical (unpaired) electrons. The SMILES string of the molecule is NC1CCN(c2ccc(C=Cc3cc(Cl)cc(Cn4ccnc4)c3)cc2)CC1. The quantitative estimate of drug-likeness (QED) is 0.641. The molecule has 1 aliphatic rings. The van der Waals surface area contributed by atoms with Gasteiger partial charge in [0.2, 0.25) is 0 Å². The highest BCUT2D eigenvalue weighted by Crippen LogP contribution is 2.22. The average Bonchev–Trinajstić information content (AvgIpc) is 3.20. The Morgan fingerprint density at radius 3 is 2.50 bits per heavy atom. The van der Waals surface area contributed by atoms with Crippen molar-refractivity contribution in [2.45, 2.75) is 25.4 Å². The number of halogens is 1. The van der Waals surface area contributed by atoms with Gasteiger partial charge in [-0.25, -0.2) is 4.98 Å². The standard InChI is InChI=1S/C23H25ClN4/c24-21-14-19(13-20(15-21)16-27-12-9-26-17-27)2-1-18-3-5-23(6-4-18)28-10-7-22(25)8-11-28/h1-6,9,12-15,17,22H,7-8,10-11,16,25H2. The Morgan fingerprint density at radius 1 is 1.04 bits per heavy atom. The van der Waals surface area contributed by atoms with Crippen molar-refractivity contribution < 1.29 is 0 Å². The summed E-state index contributed by atoms with van der Waals surface area (Å²) in [5, 5.41) is 0.746. The number of hydrogen-bond acceptors (Lipinski definition) is 3. The third-order valence-electron chi connectivity index (χ3n) is 5.17. The lowest BCUT2D eigenvalue weighted by molar-refractivity contribution is 0.501. The smallest absolute Gasteiger partial charge is 0.0949 e. The van der Waals surface area contributed by atoms with Crippen molar-refractivity contribution in [3.8, 4) is 0 Å². The van der Waals surface area contributed by atoms with Crippen molar-refractivity contribution in [3.05, 3.63) is 82.9 Å². The van der Waals surface area contributed by atoms with E-state index >= 15 is 0 Å². The number of hydrogen-bond donors (Lipinski definition) is 1. The van der Waals surface area contributed by atoms with E-state index in [0.717, 1.165) is 48.6 Å². The van der Waals surface area contributed by atoms with Gasteiger partial charge in [-0.1, -0.05) is 35.9 Å². The monoisotopic (exact) mass is 392 g/mol. The first-order valence-corrected chi connectivity index (χ1v) is 10.1. The molecular weight excluding hydrogens is 368 g/mol. The van der Waals surface area contributed by atoms with Crippen LogP contribution in [0.3, 0.4) is 0 Å². The zero-order chi connectivity index (χ0) is 19.3. The summed E-state index contributed by atoms with van der Waals surface area (Å²) in [6.45, 7) is 2.84. The first kappa shape index (κ1) is 18.8. The number of nitrogens with zero attached hydrogens (tertiary/aromatic N) is 3. The Kier molecular flexibility index (Phi) is 5.79. The zero-order valence-electron chi connectivity index (χ0n) is 15.8. The predicted molar refractivity (Wildman–Crippen MR) is 118 cm³/mol. The van der Waals surface area contributed by atoms with Crippen molar-refractivity contribution in [3.63, 3.8) is 0 Å². The lowest BCUT2D eigenvalue weighted by atomic mass is 10.0. The minimum Gasteiger partial charge on any atom is -0.371 e. The summed E-state index contributed by atoms with van der Waals surface area (Å²) in [7, 11) is 0. The van der Waals surface area contributed by atoms with E-state index in [0.29, 0.717) is 6.04 Å². The Hall–Kier alpha value is -2.56. The number of nitrogens with two attached hydrogens (primary N) is 1. The number of anilines is 1. The molecule has 0 aliphatic carbocycles. The van der Waals surface area contributed by atoms with E-state index in [-0.39, 0.29) is 0 Å². The molecule has 1 saturated heterocycles. The van der Waals surface area contributed by atoms with E-state index in [4.69, 9.17) is 17.3 Å². The number of aromatic nitrogens is 2. The maximum Gasteiger partial charge on any atom is 0.0949 e. The molecule has 2 aromatic carbocycles. The number of rotatable bonds is 5. The zero-order valence-corrected chi connectivity index (χ0v) is 16.6. The van der Waals surface area contributed by atoms with Crippen molar-refractivity contribution in [1.82, 2.24) is 9.55 Å². The van der Waals surface area contributed by atoms with Gasteiger partial charge in [0, 0.05) is 48.8 Å². The molecule has 3 aromatic rings. The highest BCUT2D eigenvalue weighted by atomic mass is 35.5. The van der Waals surface area contributed by atoms with Crippen molar-refractivity contribution >= 4 is 29.4 Å². The second-order valence-electron chi connectivity index (χ2n) is 7.38. The molecular formula is C23H25ClN4. The summed E-state index contributed by atoms with van der Waals surface area (Å²) in [5.41, 5.74) is 10.7. The fourth-order valence-corrected chi connectivity index (χ4v) is 3.87. The normalized spacial score (nSPS) is 15.4. The van der Waals surface area contributed by atoms with Gasteiger partial charge in [0.25, 0.3) is 0 Å². The molecule has 0 bridgehead atoms. The first-order chi connectivity index (χ1) is 13.7. The molecule has 0 atom stereocenters. The lowest BCUT2D eigenvalue weighted by Gasteiger charge is -2.32. The second-order valence-corrected chi connectivity index (χ2v) is 7.81. The van der Waals surface area contributed by atoms with Crippen LogP contribution in [0.15, 0.2) is 61.2 Å². The fourth-order valence-electron chi connectivity index (χ4n) is 3.60. The van der Waals surface area contributed by atoms with Crippen LogP contribution in [0.25, 0.3) is 12.2 Å². The molecule has 0 spiro atoms. The second kappa shape index (κ2) is 8.63. The van der Waals surface area contributed by atoms with E-state index < -0.39 is 0 Å². The summed E-state index contributed by atoms with van der Waals surface area (Å²) in [4.78, 5) is 6.50. The Balaban J connectivity index is 1.44. The predicted octanol–water partition coefficient (Wildman–Crippen LogP) is 4.68. The Labute approximate surface area is 171 Å². The maximum atomic E-state index is 6.32. The third-order valence-corrected chi connectivity index (χ3v) is 5.39. The molecule has 2 N–H and O–H groups in total. The van der Waals surface area contributed by atoms with Crippen LogP contribution in [-0.4, -0.2) is 28.7 Å². The van der Waals surface area contributed by atoms with Crippen molar-refractivity contribution in [2.24, 2.45) is 5.73 Å². The minimum absolute atomic E-state index is 0.356. The van der Waals surface area contributed by atoms with E-state index in [1.54, 1.807) is 6.20 Å². The summed E-state index contributed by atoms with van der Waals surface area (Å²) in [6.07, 6.45) is 11.9. The van der Waals surface area contributed by atoms with Gasteiger partial charge in [0.1, 0.15) is 0 Å². The van der Waals surface area contributed by atoms with E-state index in [1.165, 1.54) is 11.3 Å². The average molecular weight is 393 g/mol. The third kappa shape index (κ3) is 4.83. The van der Waals surface area contributed by atoms with Crippen molar-refractivity contribution in [2.75, 3.05) is 18.0 Å². The molecule has 0 amide bonds. The van der Waals surface area contributed by atoms with Crippen LogP contribution in [-0.2, 0) is 6.54 Å². The van der Waals surface area contributed by atoms with Gasteiger partial charge in [-0.2, -0.15) is 0 Å². The van der Waals surface area contributed by atoms with Gasteiger partial charge in [0.15, 0.2) is 0 Å². The molecule has 1 fully saturated rings. The maximum absolute atomic E-state index is 6.32. The molecule has 0 saturated carbocycles. The topological polar surface area (TPSA) is 47.1 Å². The number of imidazole rings is 1. The molecule has 28 heavy (non-hydrogen) atoms. The summed E-state index contributed by atoms with van der Waals surface area (Å²) in [5.74, 6) is 0. The molecule has 144 valence electrons. The van der Waals surface area contributed by atoms with E-state index in [1.807, 2.05) is 29.2 Å². The summed E-state index contributed by atoms with van der Waals surface area (Å²) >= 11 is 6.32. The molecule has 1 aromatic heterocycles. The molecule has 5 heteroatoms. The van der Waals surface area contributed by atoms with E-state index in [9.17, 15) is 0 Å². The van der Waals surface area contributed by atoms with Gasteiger partial charge < -0.3 is 15.2 Å². The Morgan fingerprint density at radius 2 is 1.79 bits per heavy atom. The highest BCUT2D eigenvalue weighted by molar-refractivity contribution is 6.30. The van der Waals surface area contributed by atoms with Gasteiger partial charge in [0.05, 0.1) is 6.33 Å². The number of benzene rings is 2. The molecule has 2 heterocycles. The van der Waals surface area contributed by atoms with E-state index in [2.05, 4.69) is 52.4 Å². The van der Waals surface area contributed by atoms with Crippen LogP contribution in [0.2, 0.25) is 5.02 Å². The largest absolute Gasteiger partial charge is 0.371 e. The molecule has 4 nitrogen and oxygen atoms in total. The lowest BCUT2D eigenvalue weighted by Crippen LogP contribution is -2.39.